The summed E-state index contributed by atoms with van der Waals surface area (Å²) in [5.41, 5.74) is 8.02. The van der Waals surface area contributed by atoms with Crippen molar-refractivity contribution in [3.05, 3.63) is 35.4 Å². The van der Waals surface area contributed by atoms with E-state index in [0.29, 0.717) is 12.5 Å². The van der Waals surface area contributed by atoms with Crippen molar-refractivity contribution in [1.29, 1.82) is 0 Å². The lowest BCUT2D eigenvalue weighted by Gasteiger charge is -2.17. The van der Waals surface area contributed by atoms with Gasteiger partial charge in [-0.3, -0.25) is 0 Å². The first kappa shape index (κ1) is 13.1. The zero-order valence-electron chi connectivity index (χ0n) is 11.3. The van der Waals surface area contributed by atoms with Crippen LogP contribution in [0.3, 0.4) is 0 Å². The van der Waals surface area contributed by atoms with Crippen LogP contribution in [0.1, 0.15) is 11.1 Å². The third-order valence-electron chi connectivity index (χ3n) is 2.68. The summed E-state index contributed by atoms with van der Waals surface area (Å²) < 4.78 is 4.98. The van der Waals surface area contributed by atoms with E-state index in [1.807, 2.05) is 11.9 Å². The molecule has 19 heavy (non-hydrogen) atoms. The van der Waals surface area contributed by atoms with Gasteiger partial charge in [0.25, 0.3) is 0 Å². The van der Waals surface area contributed by atoms with Gasteiger partial charge in [0.15, 0.2) is 0 Å². The van der Waals surface area contributed by atoms with Crippen molar-refractivity contribution >= 4 is 11.9 Å². The summed E-state index contributed by atoms with van der Waals surface area (Å²) in [6.07, 6.45) is 0. The number of hydrogen-bond donors (Lipinski definition) is 1. The number of hydrogen-bond acceptors (Lipinski definition) is 6. The van der Waals surface area contributed by atoms with Crippen LogP contribution in [0.25, 0.3) is 0 Å². The molecule has 0 saturated heterocycles. The van der Waals surface area contributed by atoms with Crippen LogP contribution in [0.2, 0.25) is 0 Å². The molecule has 0 fully saturated rings. The third kappa shape index (κ3) is 3.31. The molecule has 0 aliphatic heterocycles. The number of nitrogens with zero attached hydrogens (tertiary/aromatic N) is 4. The molecule has 0 saturated carbocycles. The highest BCUT2D eigenvalue weighted by molar-refractivity contribution is 5.36. The third-order valence-corrected chi connectivity index (χ3v) is 2.68. The van der Waals surface area contributed by atoms with Crippen molar-refractivity contribution in [2.75, 3.05) is 24.8 Å². The normalized spacial score (nSPS) is 10.3. The van der Waals surface area contributed by atoms with E-state index in [9.17, 15) is 0 Å². The molecule has 1 heterocycles. The number of methoxy groups -OCH3 is 1. The molecule has 6 nitrogen and oxygen atoms in total. The second-order valence-corrected chi connectivity index (χ2v) is 4.32. The van der Waals surface area contributed by atoms with Gasteiger partial charge in [-0.1, -0.05) is 29.8 Å². The van der Waals surface area contributed by atoms with Gasteiger partial charge < -0.3 is 15.4 Å². The van der Waals surface area contributed by atoms with E-state index >= 15 is 0 Å². The van der Waals surface area contributed by atoms with Crippen molar-refractivity contribution in [1.82, 2.24) is 15.0 Å². The van der Waals surface area contributed by atoms with Crippen LogP contribution in [-0.2, 0) is 6.54 Å². The van der Waals surface area contributed by atoms with Crippen LogP contribution in [-0.4, -0.2) is 29.1 Å². The maximum absolute atomic E-state index is 5.62. The minimum atomic E-state index is 0.151. The molecule has 0 atom stereocenters. The van der Waals surface area contributed by atoms with E-state index in [1.54, 1.807) is 0 Å². The molecule has 1 aromatic heterocycles. The lowest BCUT2D eigenvalue weighted by Crippen LogP contribution is -2.20. The van der Waals surface area contributed by atoms with Crippen LogP contribution in [0, 0.1) is 6.92 Å². The highest BCUT2D eigenvalue weighted by Gasteiger charge is 2.09. The predicted octanol–water partition coefficient (Wildman–Crippen LogP) is 1.41. The molecule has 6 heteroatoms. The summed E-state index contributed by atoms with van der Waals surface area (Å²) in [5.74, 6) is 0.641. The quantitative estimate of drug-likeness (QED) is 0.894. The highest BCUT2D eigenvalue weighted by atomic mass is 16.5. The maximum atomic E-state index is 5.62. The largest absolute Gasteiger partial charge is 0.467 e. The van der Waals surface area contributed by atoms with Gasteiger partial charge in [-0.05, 0) is 12.5 Å². The second kappa shape index (κ2) is 5.51. The number of anilines is 2. The Balaban J connectivity index is 2.17. The van der Waals surface area contributed by atoms with Gasteiger partial charge in [0, 0.05) is 13.6 Å². The molecule has 0 amide bonds. The van der Waals surface area contributed by atoms with E-state index in [2.05, 4.69) is 46.1 Å². The molecular weight excluding hydrogens is 242 g/mol. The Labute approximate surface area is 112 Å². The van der Waals surface area contributed by atoms with E-state index < -0.39 is 0 Å². The first-order valence-electron chi connectivity index (χ1n) is 5.90. The number of aromatic nitrogens is 3. The molecule has 0 bridgehead atoms. The van der Waals surface area contributed by atoms with Crippen molar-refractivity contribution in [2.45, 2.75) is 13.5 Å². The fourth-order valence-corrected chi connectivity index (χ4v) is 1.66. The molecule has 1 aromatic carbocycles. The van der Waals surface area contributed by atoms with E-state index in [0.717, 1.165) is 0 Å². The standard InChI is InChI=1S/C13H17N5O/c1-9-4-6-10(7-5-9)8-18(2)12-15-11(14)16-13(17-12)19-3/h4-7H,8H2,1-3H3,(H2,14,15,16,17). The predicted molar refractivity (Wildman–Crippen MR) is 74.1 cm³/mol. The number of rotatable bonds is 4. The summed E-state index contributed by atoms with van der Waals surface area (Å²) >= 11 is 0. The first-order chi connectivity index (χ1) is 9.08. The summed E-state index contributed by atoms with van der Waals surface area (Å²) in [5, 5.41) is 0. The minimum Gasteiger partial charge on any atom is -0.467 e. The molecule has 100 valence electrons. The Morgan fingerprint density at radius 2 is 1.84 bits per heavy atom. The zero-order valence-corrected chi connectivity index (χ0v) is 11.3. The first-order valence-corrected chi connectivity index (χ1v) is 5.90. The number of aryl methyl sites for hydroxylation is 1. The van der Waals surface area contributed by atoms with Crippen LogP contribution in [0.5, 0.6) is 6.01 Å². The van der Waals surface area contributed by atoms with Gasteiger partial charge in [0.1, 0.15) is 0 Å². The Morgan fingerprint density at radius 3 is 2.47 bits per heavy atom. The van der Waals surface area contributed by atoms with Gasteiger partial charge in [-0.2, -0.15) is 15.0 Å². The molecule has 0 spiro atoms. The lowest BCUT2D eigenvalue weighted by molar-refractivity contribution is 0.379. The van der Waals surface area contributed by atoms with Crippen LogP contribution in [0.15, 0.2) is 24.3 Å². The Hall–Kier alpha value is -2.37. The van der Waals surface area contributed by atoms with Crippen LogP contribution in [0.4, 0.5) is 11.9 Å². The minimum absolute atomic E-state index is 0.151. The Morgan fingerprint density at radius 1 is 1.16 bits per heavy atom. The molecule has 2 rings (SSSR count). The average Bonchev–Trinajstić information content (AvgIpc) is 2.40. The SMILES string of the molecule is COc1nc(N)nc(N(C)Cc2ccc(C)cc2)n1. The molecule has 2 aromatic rings. The summed E-state index contributed by atoms with van der Waals surface area (Å²) in [6.45, 7) is 2.75. The smallest absolute Gasteiger partial charge is 0.322 e. The van der Waals surface area contributed by atoms with Crippen LogP contribution >= 0.6 is 0 Å². The molecule has 0 radical (unpaired) electrons. The average molecular weight is 259 g/mol. The van der Waals surface area contributed by atoms with E-state index in [1.165, 1.54) is 18.2 Å². The number of nitrogens with two attached hydrogens (primary N) is 1. The van der Waals surface area contributed by atoms with Crippen molar-refractivity contribution in [3.8, 4) is 6.01 Å². The fourth-order valence-electron chi connectivity index (χ4n) is 1.66. The summed E-state index contributed by atoms with van der Waals surface area (Å²) in [4.78, 5) is 14.0. The van der Waals surface area contributed by atoms with Crippen LogP contribution < -0.4 is 15.4 Å². The number of nitrogen functional groups attached to an aromatic ring is 1. The van der Waals surface area contributed by atoms with E-state index in [-0.39, 0.29) is 12.0 Å². The molecular formula is C13H17N5O. The summed E-state index contributed by atoms with van der Waals surface area (Å²) in [7, 11) is 3.40. The molecule has 0 aliphatic carbocycles. The summed E-state index contributed by atoms with van der Waals surface area (Å²) in [6, 6.07) is 8.52. The zero-order chi connectivity index (χ0) is 13.8. The monoisotopic (exact) mass is 259 g/mol. The fraction of sp³-hybridized carbons (Fsp3) is 0.308. The Kier molecular flexibility index (Phi) is 3.79. The number of ether oxygens (including phenoxy) is 1. The maximum Gasteiger partial charge on any atom is 0.322 e. The van der Waals surface area contributed by atoms with Gasteiger partial charge in [-0.25, -0.2) is 0 Å². The van der Waals surface area contributed by atoms with Crippen molar-refractivity contribution < 1.29 is 4.74 Å². The molecule has 0 aliphatic rings. The van der Waals surface area contributed by atoms with Gasteiger partial charge in [-0.15, -0.1) is 0 Å². The highest BCUT2D eigenvalue weighted by Crippen LogP contribution is 2.14. The van der Waals surface area contributed by atoms with Gasteiger partial charge in [0.2, 0.25) is 11.9 Å². The van der Waals surface area contributed by atoms with Gasteiger partial charge >= 0.3 is 6.01 Å². The number of benzene rings is 1. The van der Waals surface area contributed by atoms with Crippen molar-refractivity contribution in [2.24, 2.45) is 0 Å². The molecule has 0 unspecified atom stereocenters. The lowest BCUT2D eigenvalue weighted by atomic mass is 10.1. The molecule has 2 N–H and O–H groups in total. The Bertz CT molecular complexity index is 555. The van der Waals surface area contributed by atoms with E-state index in [4.69, 9.17) is 10.5 Å². The van der Waals surface area contributed by atoms with Crippen molar-refractivity contribution in [3.63, 3.8) is 0 Å². The second-order valence-electron chi connectivity index (χ2n) is 4.32. The van der Waals surface area contributed by atoms with Gasteiger partial charge in [0.05, 0.1) is 7.11 Å². The topological polar surface area (TPSA) is 77.2 Å².